The molecule has 1 amide bonds. The van der Waals surface area contributed by atoms with Crippen LogP contribution in [0.1, 0.15) is 17.9 Å². The predicted molar refractivity (Wildman–Crippen MR) is 69.6 cm³/mol. The Morgan fingerprint density at radius 3 is 2.94 bits per heavy atom. The Morgan fingerprint density at radius 2 is 2.22 bits per heavy atom. The standard InChI is InChI=1S/C12H9N3O2S/c16-10-5-7(12(18)14-10)8-6-15-4-2-1-3-9(15)13-11(8)17/h1-4,6-7H,5H2,(H,14,16,18). The molecule has 3 rings (SSSR count). The topological polar surface area (TPSA) is 63.5 Å². The summed E-state index contributed by atoms with van der Waals surface area (Å²) in [5.41, 5.74) is 0.710. The van der Waals surface area contributed by atoms with Crippen molar-refractivity contribution >= 4 is 28.8 Å². The first-order valence-electron chi connectivity index (χ1n) is 5.47. The van der Waals surface area contributed by atoms with Gasteiger partial charge in [0.25, 0.3) is 5.56 Å². The molecular formula is C12H9N3O2S. The lowest BCUT2D eigenvalue weighted by atomic mass is 10.0. The van der Waals surface area contributed by atoms with Crippen LogP contribution in [0, 0.1) is 0 Å². The zero-order valence-electron chi connectivity index (χ0n) is 9.29. The molecule has 1 atom stereocenters. The Balaban J connectivity index is 2.18. The fourth-order valence-electron chi connectivity index (χ4n) is 2.07. The lowest BCUT2D eigenvalue weighted by Gasteiger charge is -2.08. The second-order valence-corrected chi connectivity index (χ2v) is 4.58. The number of hydrogen-bond donors (Lipinski definition) is 1. The molecule has 6 heteroatoms. The van der Waals surface area contributed by atoms with E-state index < -0.39 is 0 Å². The van der Waals surface area contributed by atoms with Crippen LogP contribution in [0.15, 0.2) is 35.4 Å². The summed E-state index contributed by atoms with van der Waals surface area (Å²) in [6.07, 6.45) is 3.72. The maximum absolute atomic E-state index is 11.9. The molecule has 2 aromatic heterocycles. The summed E-state index contributed by atoms with van der Waals surface area (Å²) in [6, 6.07) is 5.41. The number of nitrogens with one attached hydrogen (secondary N) is 1. The van der Waals surface area contributed by atoms with Gasteiger partial charge in [0.2, 0.25) is 5.91 Å². The third-order valence-corrected chi connectivity index (χ3v) is 3.34. The number of pyridine rings is 1. The van der Waals surface area contributed by atoms with Gasteiger partial charge in [0.05, 0.1) is 10.9 Å². The Kier molecular flexibility index (Phi) is 2.45. The van der Waals surface area contributed by atoms with Crippen LogP contribution in [0.3, 0.4) is 0 Å². The summed E-state index contributed by atoms with van der Waals surface area (Å²) in [7, 11) is 0. The lowest BCUT2D eigenvalue weighted by Crippen LogP contribution is -2.24. The van der Waals surface area contributed by atoms with Crippen molar-refractivity contribution in [3.8, 4) is 0 Å². The molecule has 1 fully saturated rings. The van der Waals surface area contributed by atoms with Crippen LogP contribution in [0.25, 0.3) is 5.65 Å². The van der Waals surface area contributed by atoms with Gasteiger partial charge in [0.15, 0.2) is 0 Å². The average Bonchev–Trinajstić information content (AvgIpc) is 2.67. The van der Waals surface area contributed by atoms with Gasteiger partial charge >= 0.3 is 0 Å². The molecule has 5 nitrogen and oxygen atoms in total. The normalized spacial score (nSPS) is 19.2. The molecule has 0 bridgehead atoms. The second-order valence-electron chi connectivity index (χ2n) is 4.14. The van der Waals surface area contributed by atoms with Crippen LogP contribution in [0.4, 0.5) is 0 Å². The molecule has 0 aromatic carbocycles. The third-order valence-electron chi connectivity index (χ3n) is 2.95. The highest BCUT2D eigenvalue weighted by Gasteiger charge is 2.30. The molecule has 0 radical (unpaired) electrons. The van der Waals surface area contributed by atoms with Crippen LogP contribution >= 0.6 is 12.2 Å². The minimum Gasteiger partial charge on any atom is -0.320 e. The van der Waals surface area contributed by atoms with Crippen molar-refractivity contribution in [3.63, 3.8) is 0 Å². The number of amides is 1. The first-order chi connectivity index (χ1) is 8.65. The van der Waals surface area contributed by atoms with E-state index in [0.717, 1.165) is 0 Å². The highest BCUT2D eigenvalue weighted by atomic mass is 32.1. The Bertz CT molecular complexity index is 723. The number of nitrogens with zero attached hydrogens (tertiary/aromatic N) is 2. The molecule has 3 heterocycles. The van der Waals surface area contributed by atoms with Crippen molar-refractivity contribution in [2.75, 3.05) is 0 Å². The molecule has 2 aromatic rings. The third kappa shape index (κ3) is 1.70. The Hall–Kier alpha value is -2.08. The summed E-state index contributed by atoms with van der Waals surface area (Å²) in [5.74, 6) is -0.507. The van der Waals surface area contributed by atoms with E-state index in [1.807, 2.05) is 12.1 Å². The van der Waals surface area contributed by atoms with E-state index in [1.165, 1.54) is 0 Å². The molecule has 18 heavy (non-hydrogen) atoms. The monoisotopic (exact) mass is 259 g/mol. The van der Waals surface area contributed by atoms with Gasteiger partial charge in [-0.05, 0) is 12.1 Å². The Labute approximate surface area is 107 Å². The molecule has 1 saturated heterocycles. The summed E-state index contributed by atoms with van der Waals surface area (Å²) < 4.78 is 1.75. The molecular weight excluding hydrogens is 250 g/mol. The van der Waals surface area contributed by atoms with E-state index in [2.05, 4.69) is 10.3 Å². The highest BCUT2D eigenvalue weighted by molar-refractivity contribution is 7.80. The number of thiocarbonyl (C=S) groups is 1. The number of fused-ring (bicyclic) bond motifs is 1. The van der Waals surface area contributed by atoms with E-state index in [-0.39, 0.29) is 23.8 Å². The minimum atomic E-state index is -0.357. The molecule has 1 N–H and O–H groups in total. The second kappa shape index (κ2) is 3.99. The van der Waals surface area contributed by atoms with Crippen LogP contribution in [-0.2, 0) is 4.79 Å². The van der Waals surface area contributed by atoms with Crippen molar-refractivity contribution in [2.45, 2.75) is 12.3 Å². The molecule has 1 aliphatic heterocycles. The van der Waals surface area contributed by atoms with E-state index in [0.29, 0.717) is 16.2 Å². The largest absolute Gasteiger partial charge is 0.320 e. The molecule has 1 aliphatic rings. The van der Waals surface area contributed by atoms with Crippen molar-refractivity contribution in [3.05, 3.63) is 46.5 Å². The summed E-state index contributed by atoms with van der Waals surface area (Å²) in [5, 5.41) is 2.56. The average molecular weight is 259 g/mol. The highest BCUT2D eigenvalue weighted by Crippen LogP contribution is 2.22. The van der Waals surface area contributed by atoms with Crippen molar-refractivity contribution < 1.29 is 4.79 Å². The number of carbonyl (C=O) groups is 1. The van der Waals surface area contributed by atoms with Crippen molar-refractivity contribution in [1.82, 2.24) is 14.7 Å². The summed E-state index contributed by atoms with van der Waals surface area (Å²) >= 11 is 5.07. The zero-order valence-corrected chi connectivity index (χ0v) is 10.1. The van der Waals surface area contributed by atoms with Crippen LogP contribution < -0.4 is 10.9 Å². The Morgan fingerprint density at radius 1 is 1.39 bits per heavy atom. The number of rotatable bonds is 1. The maximum atomic E-state index is 11.9. The summed E-state index contributed by atoms with van der Waals surface area (Å²) in [6.45, 7) is 0. The fourth-order valence-corrected chi connectivity index (χ4v) is 2.39. The van der Waals surface area contributed by atoms with Gasteiger partial charge in [-0.2, -0.15) is 4.98 Å². The van der Waals surface area contributed by atoms with E-state index in [9.17, 15) is 9.59 Å². The summed E-state index contributed by atoms with van der Waals surface area (Å²) in [4.78, 5) is 27.6. The van der Waals surface area contributed by atoms with Crippen molar-refractivity contribution in [2.24, 2.45) is 0 Å². The number of aromatic nitrogens is 2. The minimum absolute atomic E-state index is 0.150. The predicted octanol–water partition coefficient (Wildman–Crippen LogP) is 0.625. The molecule has 90 valence electrons. The van der Waals surface area contributed by atoms with Gasteiger partial charge in [-0.25, -0.2) is 0 Å². The van der Waals surface area contributed by atoms with Gasteiger partial charge in [-0.3, -0.25) is 9.59 Å². The SMILES string of the molecule is O=C1CC(c2cn3ccccc3nc2=O)C(=S)N1. The molecule has 0 aliphatic carbocycles. The zero-order chi connectivity index (χ0) is 12.7. The number of carbonyl (C=O) groups excluding carboxylic acids is 1. The molecule has 1 unspecified atom stereocenters. The lowest BCUT2D eigenvalue weighted by molar-refractivity contribution is -0.118. The van der Waals surface area contributed by atoms with Crippen molar-refractivity contribution in [1.29, 1.82) is 0 Å². The maximum Gasteiger partial charge on any atom is 0.277 e. The smallest absolute Gasteiger partial charge is 0.277 e. The van der Waals surface area contributed by atoms with Crippen LogP contribution in [-0.4, -0.2) is 20.3 Å². The van der Waals surface area contributed by atoms with E-state index in [1.54, 1.807) is 22.9 Å². The number of hydrogen-bond acceptors (Lipinski definition) is 4. The molecule has 0 spiro atoms. The van der Waals surface area contributed by atoms with E-state index >= 15 is 0 Å². The quantitative estimate of drug-likeness (QED) is 0.763. The van der Waals surface area contributed by atoms with Crippen LogP contribution in [0.2, 0.25) is 0 Å². The van der Waals surface area contributed by atoms with Gasteiger partial charge in [-0.1, -0.05) is 18.3 Å². The van der Waals surface area contributed by atoms with Gasteiger partial charge < -0.3 is 9.72 Å². The first-order valence-corrected chi connectivity index (χ1v) is 5.87. The first kappa shape index (κ1) is 11.0. The van der Waals surface area contributed by atoms with Gasteiger partial charge in [-0.15, -0.1) is 0 Å². The fraction of sp³-hybridized carbons (Fsp3) is 0.167. The van der Waals surface area contributed by atoms with Gasteiger partial charge in [0, 0.05) is 24.4 Å². The van der Waals surface area contributed by atoms with E-state index in [4.69, 9.17) is 12.2 Å². The molecule has 0 saturated carbocycles. The van der Waals surface area contributed by atoms with Crippen LogP contribution in [0.5, 0.6) is 0 Å². The van der Waals surface area contributed by atoms with Gasteiger partial charge in [0.1, 0.15) is 5.65 Å².